The Labute approximate surface area is 169 Å². The number of nitrogens with one attached hydrogen (secondary N) is 2. The first-order valence-corrected chi connectivity index (χ1v) is 11.0. The molecule has 2 heterocycles. The van der Waals surface area contributed by atoms with Crippen molar-refractivity contribution in [3.05, 3.63) is 54.2 Å². The standard InChI is InChI=1S/C21H23N3O4S/c1-28-17-6-9-20-19(13-17)15(14-22-20)10-11-23-29(26,27)18-7-4-16(5-8-18)24-12-2-3-21(24)25/h4-9,13-14,22-23H,2-3,10-12H2,1H3. The van der Waals surface area contributed by atoms with Gasteiger partial charge >= 0.3 is 0 Å². The first-order valence-electron chi connectivity index (χ1n) is 9.52. The second kappa shape index (κ2) is 7.88. The summed E-state index contributed by atoms with van der Waals surface area (Å²) in [7, 11) is -2.00. The first kappa shape index (κ1) is 19.5. The maximum atomic E-state index is 12.6. The van der Waals surface area contributed by atoms with Crippen molar-refractivity contribution in [1.29, 1.82) is 0 Å². The van der Waals surface area contributed by atoms with Gasteiger partial charge in [0, 0.05) is 42.3 Å². The summed E-state index contributed by atoms with van der Waals surface area (Å²) in [6.45, 7) is 0.956. The number of amides is 1. The van der Waals surface area contributed by atoms with Crippen molar-refractivity contribution < 1.29 is 17.9 Å². The summed E-state index contributed by atoms with van der Waals surface area (Å²) in [5.74, 6) is 0.838. The smallest absolute Gasteiger partial charge is 0.240 e. The summed E-state index contributed by atoms with van der Waals surface area (Å²) < 4.78 is 33.1. The molecular weight excluding hydrogens is 390 g/mol. The number of hydrogen-bond donors (Lipinski definition) is 2. The third-order valence-electron chi connectivity index (χ3n) is 5.19. The molecule has 1 aliphatic rings. The third-order valence-corrected chi connectivity index (χ3v) is 6.67. The number of carbonyl (C=O) groups excluding carboxylic acids is 1. The Kier molecular flexibility index (Phi) is 5.29. The van der Waals surface area contributed by atoms with E-state index in [2.05, 4.69) is 9.71 Å². The van der Waals surface area contributed by atoms with Crippen molar-refractivity contribution in [3.63, 3.8) is 0 Å². The molecule has 29 heavy (non-hydrogen) atoms. The van der Waals surface area contributed by atoms with E-state index in [1.165, 1.54) is 0 Å². The number of fused-ring (bicyclic) bond motifs is 1. The van der Waals surface area contributed by atoms with Crippen LogP contribution in [-0.4, -0.2) is 39.5 Å². The zero-order chi connectivity index (χ0) is 20.4. The number of anilines is 1. The van der Waals surface area contributed by atoms with E-state index in [-0.39, 0.29) is 17.3 Å². The molecule has 1 aromatic heterocycles. The highest BCUT2D eigenvalue weighted by molar-refractivity contribution is 7.89. The highest BCUT2D eigenvalue weighted by Crippen LogP contribution is 2.25. The average molecular weight is 413 g/mol. The molecule has 4 rings (SSSR count). The van der Waals surface area contributed by atoms with Crippen molar-refractivity contribution in [1.82, 2.24) is 9.71 Å². The summed E-state index contributed by atoms with van der Waals surface area (Å²) in [6.07, 6.45) is 3.81. The minimum Gasteiger partial charge on any atom is -0.497 e. The number of aromatic amines is 1. The molecule has 0 spiro atoms. The van der Waals surface area contributed by atoms with Crippen LogP contribution in [0.4, 0.5) is 5.69 Å². The van der Waals surface area contributed by atoms with Crippen LogP contribution in [0, 0.1) is 0 Å². The van der Waals surface area contributed by atoms with Crippen molar-refractivity contribution >= 4 is 32.5 Å². The predicted octanol–water partition coefficient (Wildman–Crippen LogP) is 2.82. The lowest BCUT2D eigenvalue weighted by atomic mass is 10.1. The number of sulfonamides is 1. The molecule has 0 saturated carbocycles. The van der Waals surface area contributed by atoms with E-state index in [4.69, 9.17) is 4.74 Å². The summed E-state index contributed by atoms with van der Waals surface area (Å²) in [5, 5.41) is 1.02. The number of carbonyl (C=O) groups is 1. The number of aromatic nitrogens is 1. The Bertz CT molecular complexity index is 1140. The molecule has 0 radical (unpaired) electrons. The van der Waals surface area contributed by atoms with E-state index in [0.717, 1.165) is 34.3 Å². The number of ether oxygens (including phenoxy) is 1. The molecule has 152 valence electrons. The first-order chi connectivity index (χ1) is 14.0. The normalized spacial score (nSPS) is 14.7. The molecule has 7 nitrogen and oxygen atoms in total. The monoisotopic (exact) mass is 413 g/mol. The van der Waals surface area contributed by atoms with Gasteiger partial charge in [-0.15, -0.1) is 0 Å². The maximum Gasteiger partial charge on any atom is 0.240 e. The fraction of sp³-hybridized carbons (Fsp3) is 0.286. The zero-order valence-electron chi connectivity index (χ0n) is 16.1. The maximum absolute atomic E-state index is 12.6. The second-order valence-electron chi connectivity index (χ2n) is 7.02. The SMILES string of the molecule is COc1ccc2[nH]cc(CCNS(=O)(=O)c3ccc(N4CCCC4=O)cc3)c2c1. The van der Waals surface area contributed by atoms with Gasteiger partial charge < -0.3 is 14.6 Å². The van der Waals surface area contributed by atoms with Gasteiger partial charge in [0.2, 0.25) is 15.9 Å². The van der Waals surface area contributed by atoms with E-state index < -0.39 is 10.0 Å². The molecular formula is C21H23N3O4S. The van der Waals surface area contributed by atoms with Gasteiger partial charge in [-0.1, -0.05) is 0 Å². The molecule has 8 heteroatoms. The lowest BCUT2D eigenvalue weighted by Gasteiger charge is -2.16. The predicted molar refractivity (Wildman–Crippen MR) is 112 cm³/mol. The summed E-state index contributed by atoms with van der Waals surface area (Å²) >= 11 is 0. The minimum atomic E-state index is -3.62. The van der Waals surface area contributed by atoms with Crippen molar-refractivity contribution in [2.45, 2.75) is 24.2 Å². The van der Waals surface area contributed by atoms with Crippen LogP contribution in [0.25, 0.3) is 10.9 Å². The van der Waals surface area contributed by atoms with Crippen molar-refractivity contribution in [3.8, 4) is 5.75 Å². The van der Waals surface area contributed by atoms with Crippen LogP contribution in [-0.2, 0) is 21.2 Å². The molecule has 2 N–H and O–H groups in total. The minimum absolute atomic E-state index is 0.0779. The second-order valence-corrected chi connectivity index (χ2v) is 8.78. The van der Waals surface area contributed by atoms with Crippen LogP contribution in [0.15, 0.2) is 53.6 Å². The van der Waals surface area contributed by atoms with Gasteiger partial charge in [0.25, 0.3) is 0 Å². The van der Waals surface area contributed by atoms with Gasteiger partial charge in [0.05, 0.1) is 12.0 Å². The number of methoxy groups -OCH3 is 1. The fourth-order valence-electron chi connectivity index (χ4n) is 3.62. The van der Waals surface area contributed by atoms with Crippen LogP contribution in [0.5, 0.6) is 5.75 Å². The van der Waals surface area contributed by atoms with E-state index in [9.17, 15) is 13.2 Å². The van der Waals surface area contributed by atoms with Crippen LogP contribution in [0.1, 0.15) is 18.4 Å². The molecule has 0 atom stereocenters. The van der Waals surface area contributed by atoms with Crippen LogP contribution >= 0.6 is 0 Å². The summed E-state index contributed by atoms with van der Waals surface area (Å²) in [5.41, 5.74) is 2.74. The van der Waals surface area contributed by atoms with Crippen LogP contribution in [0.2, 0.25) is 0 Å². The van der Waals surface area contributed by atoms with Gasteiger partial charge in [-0.3, -0.25) is 4.79 Å². The van der Waals surface area contributed by atoms with Crippen LogP contribution in [0.3, 0.4) is 0 Å². The van der Waals surface area contributed by atoms with Gasteiger partial charge in [-0.25, -0.2) is 13.1 Å². The van der Waals surface area contributed by atoms with Crippen molar-refractivity contribution in [2.75, 3.05) is 25.1 Å². The van der Waals surface area contributed by atoms with Gasteiger partial charge in [-0.2, -0.15) is 0 Å². The molecule has 0 unspecified atom stereocenters. The Morgan fingerprint density at radius 3 is 2.66 bits per heavy atom. The molecule has 1 amide bonds. The molecule has 0 aliphatic carbocycles. The quantitative estimate of drug-likeness (QED) is 0.623. The Morgan fingerprint density at radius 1 is 1.17 bits per heavy atom. The van der Waals surface area contributed by atoms with E-state index in [1.54, 1.807) is 36.3 Å². The van der Waals surface area contributed by atoms with Crippen molar-refractivity contribution in [2.24, 2.45) is 0 Å². The lowest BCUT2D eigenvalue weighted by molar-refractivity contribution is -0.117. The molecule has 1 saturated heterocycles. The Balaban J connectivity index is 1.42. The number of rotatable bonds is 7. The zero-order valence-corrected chi connectivity index (χ0v) is 17.0. The largest absolute Gasteiger partial charge is 0.497 e. The Morgan fingerprint density at radius 2 is 1.97 bits per heavy atom. The topological polar surface area (TPSA) is 91.5 Å². The van der Waals surface area contributed by atoms with E-state index in [1.807, 2.05) is 24.4 Å². The van der Waals surface area contributed by atoms with Gasteiger partial charge in [-0.05, 0) is 60.9 Å². The summed E-state index contributed by atoms with van der Waals surface area (Å²) in [6, 6.07) is 12.2. The number of hydrogen-bond acceptors (Lipinski definition) is 4. The molecule has 2 aromatic carbocycles. The lowest BCUT2D eigenvalue weighted by Crippen LogP contribution is -2.26. The van der Waals surface area contributed by atoms with Gasteiger partial charge in [0.15, 0.2) is 0 Å². The van der Waals surface area contributed by atoms with E-state index >= 15 is 0 Å². The number of nitrogens with zero attached hydrogens (tertiary/aromatic N) is 1. The summed E-state index contributed by atoms with van der Waals surface area (Å²) in [4.78, 5) is 16.9. The fourth-order valence-corrected chi connectivity index (χ4v) is 4.65. The van der Waals surface area contributed by atoms with Gasteiger partial charge in [0.1, 0.15) is 5.75 Å². The number of H-pyrrole nitrogens is 1. The Hall–Kier alpha value is -2.84. The highest BCUT2D eigenvalue weighted by atomic mass is 32.2. The average Bonchev–Trinajstić information content (AvgIpc) is 3.33. The third kappa shape index (κ3) is 3.99. The highest BCUT2D eigenvalue weighted by Gasteiger charge is 2.22. The van der Waals surface area contributed by atoms with Crippen LogP contribution < -0.4 is 14.4 Å². The molecule has 1 fully saturated rings. The molecule has 3 aromatic rings. The molecule has 1 aliphatic heterocycles. The number of benzene rings is 2. The molecule has 0 bridgehead atoms. The van der Waals surface area contributed by atoms with E-state index in [0.29, 0.717) is 19.4 Å².